The number of carbonyl (C=O) groups is 2. The summed E-state index contributed by atoms with van der Waals surface area (Å²) in [5.41, 5.74) is 10.3. The van der Waals surface area contributed by atoms with Gasteiger partial charge in [0, 0.05) is 11.6 Å². The Balaban J connectivity index is 0.00000304. The van der Waals surface area contributed by atoms with Crippen molar-refractivity contribution in [2.75, 3.05) is 0 Å². The van der Waals surface area contributed by atoms with E-state index in [4.69, 9.17) is 15.6 Å². The minimum Gasteiger partial charge on any atom is -0.478 e. The van der Waals surface area contributed by atoms with E-state index in [9.17, 15) is 9.59 Å². The lowest BCUT2D eigenvalue weighted by molar-refractivity contribution is -0.137. The Morgan fingerprint density at radius 1 is 0.972 bits per heavy atom. The highest BCUT2D eigenvalue weighted by Crippen LogP contribution is 2.62. The van der Waals surface area contributed by atoms with Crippen LogP contribution in [0, 0.1) is 23.7 Å². The lowest BCUT2D eigenvalue weighted by Gasteiger charge is -2.57. The van der Waals surface area contributed by atoms with Gasteiger partial charge in [-0.3, -0.25) is 0 Å². The van der Waals surface area contributed by atoms with E-state index in [-0.39, 0.29) is 29.7 Å². The lowest BCUT2D eigenvalue weighted by atomic mass is 9.48. The van der Waals surface area contributed by atoms with E-state index in [1.54, 1.807) is 6.08 Å². The third-order valence-electron chi connectivity index (χ3n) is 8.45. The van der Waals surface area contributed by atoms with Crippen molar-refractivity contribution in [2.24, 2.45) is 29.4 Å². The van der Waals surface area contributed by atoms with Crippen molar-refractivity contribution in [1.29, 1.82) is 0 Å². The number of hydrogen-bond donors (Lipinski definition) is 2. The van der Waals surface area contributed by atoms with E-state index in [0.29, 0.717) is 5.75 Å². The molecule has 5 nitrogen and oxygen atoms in total. The average molecular weight is 510 g/mol. The van der Waals surface area contributed by atoms with Crippen molar-refractivity contribution in [3.8, 4) is 16.9 Å². The van der Waals surface area contributed by atoms with Crippen molar-refractivity contribution in [3.05, 3.63) is 59.7 Å². The van der Waals surface area contributed by atoms with Crippen LogP contribution in [0.2, 0.25) is 0 Å². The summed E-state index contributed by atoms with van der Waals surface area (Å²) in [6.07, 6.45) is 10.3. The zero-order chi connectivity index (χ0) is 24.7. The van der Waals surface area contributed by atoms with Crippen molar-refractivity contribution in [2.45, 2.75) is 63.8 Å². The Labute approximate surface area is 219 Å². The molecule has 0 radical (unpaired) electrons. The maximum atomic E-state index is 12.8. The van der Waals surface area contributed by atoms with Crippen LogP contribution in [0.5, 0.6) is 5.75 Å². The molecule has 6 heteroatoms. The van der Waals surface area contributed by atoms with Crippen LogP contribution in [0.3, 0.4) is 0 Å². The van der Waals surface area contributed by atoms with Crippen LogP contribution in [0.15, 0.2) is 48.5 Å². The third-order valence-corrected chi connectivity index (χ3v) is 8.45. The molecule has 36 heavy (non-hydrogen) atoms. The van der Waals surface area contributed by atoms with Crippen LogP contribution in [0.25, 0.3) is 17.2 Å². The predicted molar refractivity (Wildman–Crippen MR) is 144 cm³/mol. The van der Waals surface area contributed by atoms with E-state index < -0.39 is 12.0 Å². The van der Waals surface area contributed by atoms with E-state index >= 15 is 0 Å². The highest BCUT2D eigenvalue weighted by Gasteiger charge is 2.52. The number of carboxylic acids is 1. The molecular weight excluding hydrogens is 474 g/mol. The number of hydrogen-bond acceptors (Lipinski definition) is 4. The van der Waals surface area contributed by atoms with Crippen LogP contribution in [0.4, 0.5) is 0 Å². The third kappa shape index (κ3) is 5.23. The van der Waals surface area contributed by atoms with Crippen molar-refractivity contribution >= 4 is 30.4 Å². The number of ether oxygens (including phenoxy) is 1. The standard InChI is InChI=1S/C30H35NO4.ClH/c1-18(2)28(31)29(34)35-26-9-8-24(23-6-3-19(4-7-23)5-10-27(32)33)14-25(26)30-15-20-11-21(16-30)13-22(12-20)17-30;/h3-10,14,18,20-22,28H,11-13,15-17,31H2,1-2H3,(H,32,33);1H/b10-5+;/t20?,21?,22?,28-,30?;/m0./s1. The van der Waals surface area contributed by atoms with Gasteiger partial charge in [0.15, 0.2) is 0 Å². The molecule has 0 aliphatic heterocycles. The molecule has 0 unspecified atom stereocenters. The number of nitrogens with two attached hydrogens (primary N) is 1. The van der Waals surface area contributed by atoms with Gasteiger partial charge in [-0.1, -0.05) is 44.2 Å². The molecule has 0 aromatic heterocycles. The number of aliphatic carboxylic acids is 1. The van der Waals surface area contributed by atoms with E-state index in [2.05, 4.69) is 6.07 Å². The second-order valence-electron chi connectivity index (χ2n) is 11.4. The molecule has 0 amide bonds. The highest BCUT2D eigenvalue weighted by molar-refractivity contribution is 5.86. The molecule has 0 spiro atoms. The summed E-state index contributed by atoms with van der Waals surface area (Å²) >= 11 is 0. The van der Waals surface area contributed by atoms with Crippen LogP contribution in [-0.2, 0) is 15.0 Å². The van der Waals surface area contributed by atoms with Gasteiger partial charge in [0.25, 0.3) is 0 Å². The second kappa shape index (κ2) is 10.4. The topological polar surface area (TPSA) is 89.6 Å². The van der Waals surface area contributed by atoms with Gasteiger partial charge in [0.1, 0.15) is 11.8 Å². The number of benzene rings is 2. The summed E-state index contributed by atoms with van der Waals surface area (Å²) in [6, 6.07) is 13.4. The maximum Gasteiger partial charge on any atom is 0.328 e. The van der Waals surface area contributed by atoms with Gasteiger partial charge in [-0.15, -0.1) is 12.4 Å². The molecule has 0 heterocycles. The smallest absolute Gasteiger partial charge is 0.328 e. The molecule has 3 N–H and O–H groups in total. The molecule has 1 atom stereocenters. The first-order chi connectivity index (χ1) is 16.7. The Hall–Kier alpha value is -2.63. The summed E-state index contributed by atoms with van der Waals surface area (Å²) < 4.78 is 5.99. The lowest BCUT2D eigenvalue weighted by Crippen LogP contribution is -2.49. The van der Waals surface area contributed by atoms with E-state index in [0.717, 1.165) is 46.1 Å². The van der Waals surface area contributed by atoms with Crippen LogP contribution in [0.1, 0.15) is 63.5 Å². The van der Waals surface area contributed by atoms with Crippen molar-refractivity contribution < 1.29 is 19.4 Å². The summed E-state index contributed by atoms with van der Waals surface area (Å²) in [7, 11) is 0. The Kier molecular flexibility index (Phi) is 7.63. The van der Waals surface area contributed by atoms with Gasteiger partial charge in [-0.2, -0.15) is 0 Å². The SMILES string of the molecule is CC(C)[C@H](N)C(=O)Oc1ccc(-c2ccc(/C=C/C(=O)O)cc2)cc1C12CC3CC(CC(C3)C1)C2.Cl. The fourth-order valence-electron chi connectivity index (χ4n) is 7.06. The van der Waals surface area contributed by atoms with Crippen LogP contribution >= 0.6 is 12.4 Å². The number of esters is 1. The maximum absolute atomic E-state index is 12.8. The van der Waals surface area contributed by atoms with Gasteiger partial charge < -0.3 is 15.6 Å². The zero-order valence-electron chi connectivity index (χ0n) is 21.0. The molecule has 192 valence electrons. The highest BCUT2D eigenvalue weighted by atomic mass is 35.5. The van der Waals surface area contributed by atoms with E-state index in [1.807, 2.05) is 50.2 Å². The fraction of sp³-hybridized carbons (Fsp3) is 0.467. The molecule has 4 aliphatic rings. The minimum atomic E-state index is -0.961. The molecule has 4 saturated carbocycles. The summed E-state index contributed by atoms with van der Waals surface area (Å²) in [5, 5.41) is 8.88. The van der Waals surface area contributed by atoms with Gasteiger partial charge in [0.05, 0.1) is 0 Å². The monoisotopic (exact) mass is 509 g/mol. The molecule has 0 saturated heterocycles. The molecular formula is C30H36ClNO4. The molecule has 2 aromatic rings. The Morgan fingerprint density at radius 2 is 1.53 bits per heavy atom. The molecule has 4 fully saturated rings. The molecule has 2 aromatic carbocycles. The molecule has 6 rings (SSSR count). The zero-order valence-corrected chi connectivity index (χ0v) is 21.8. The number of halogens is 1. The van der Waals surface area contributed by atoms with E-state index in [1.165, 1.54) is 38.5 Å². The van der Waals surface area contributed by atoms with Gasteiger partial charge in [-0.25, -0.2) is 9.59 Å². The first-order valence-corrected chi connectivity index (χ1v) is 12.9. The largest absolute Gasteiger partial charge is 0.478 e. The van der Waals surface area contributed by atoms with Crippen molar-refractivity contribution in [3.63, 3.8) is 0 Å². The number of carboxylic acid groups (broad SMARTS) is 1. The fourth-order valence-corrected chi connectivity index (χ4v) is 7.06. The van der Waals surface area contributed by atoms with Crippen LogP contribution in [-0.4, -0.2) is 23.1 Å². The summed E-state index contributed by atoms with van der Waals surface area (Å²) in [4.78, 5) is 23.7. The minimum absolute atomic E-state index is 0. The Bertz CT molecular complexity index is 1120. The Morgan fingerprint density at radius 3 is 2.06 bits per heavy atom. The summed E-state index contributed by atoms with van der Waals surface area (Å²) in [6.45, 7) is 3.87. The van der Waals surface area contributed by atoms with Crippen molar-refractivity contribution in [1.82, 2.24) is 0 Å². The van der Waals surface area contributed by atoms with Crippen LogP contribution < -0.4 is 10.5 Å². The molecule has 4 aliphatic carbocycles. The van der Waals surface area contributed by atoms with Gasteiger partial charge in [0.2, 0.25) is 0 Å². The number of carbonyl (C=O) groups excluding carboxylic acids is 1. The predicted octanol–water partition coefficient (Wildman–Crippen LogP) is 6.23. The first kappa shape index (κ1) is 26.4. The summed E-state index contributed by atoms with van der Waals surface area (Å²) in [5.74, 6) is 1.66. The normalized spacial score (nSPS) is 27.2. The van der Waals surface area contributed by atoms with Gasteiger partial charge in [-0.05, 0) is 103 Å². The molecule has 4 bridgehead atoms. The quantitative estimate of drug-likeness (QED) is 0.262. The number of rotatable bonds is 7. The first-order valence-electron chi connectivity index (χ1n) is 12.9. The average Bonchev–Trinajstić information content (AvgIpc) is 2.82. The second-order valence-corrected chi connectivity index (χ2v) is 11.4. The van der Waals surface area contributed by atoms with Gasteiger partial charge >= 0.3 is 11.9 Å².